The van der Waals surface area contributed by atoms with Gasteiger partial charge in [0.25, 0.3) is 12.8 Å². The fourth-order valence-corrected chi connectivity index (χ4v) is 3.84. The number of fused-ring (bicyclic) bond motifs is 1. The number of rotatable bonds is 9. The first-order chi connectivity index (χ1) is 17.6. The van der Waals surface area contributed by atoms with Crippen LogP contribution in [0.25, 0.3) is 5.82 Å². The monoisotopic (exact) mass is 516 g/mol. The van der Waals surface area contributed by atoms with E-state index < -0.39 is 24.6 Å². The highest BCUT2D eigenvalue weighted by Gasteiger charge is 2.36. The van der Waals surface area contributed by atoms with Crippen LogP contribution in [-0.2, 0) is 6.32 Å². The van der Waals surface area contributed by atoms with Crippen molar-refractivity contribution < 1.29 is 32.2 Å². The van der Waals surface area contributed by atoms with Crippen LogP contribution in [0.1, 0.15) is 32.1 Å². The van der Waals surface area contributed by atoms with E-state index in [2.05, 4.69) is 20.6 Å². The van der Waals surface area contributed by atoms with E-state index in [1.807, 2.05) is 13.0 Å². The number of amides is 2. The first-order valence-corrected chi connectivity index (χ1v) is 11.4. The van der Waals surface area contributed by atoms with Crippen molar-refractivity contribution in [2.75, 3.05) is 19.9 Å². The number of hydrogen-bond donors (Lipinski definition) is 3. The van der Waals surface area contributed by atoms with Gasteiger partial charge in [-0.05, 0) is 43.3 Å². The molecule has 0 saturated carbocycles. The maximum atomic E-state index is 13.0. The molecule has 1 aromatic carbocycles. The van der Waals surface area contributed by atoms with E-state index >= 15 is 0 Å². The molecule has 1 aliphatic heterocycles. The quantitative estimate of drug-likeness (QED) is 0.293. The Morgan fingerprint density at radius 3 is 2.68 bits per heavy atom. The second-order valence-electron chi connectivity index (χ2n) is 8.38. The third kappa shape index (κ3) is 6.39. The molecule has 0 saturated heterocycles. The number of pyridine rings is 1. The second kappa shape index (κ2) is 10.9. The lowest BCUT2D eigenvalue weighted by molar-refractivity contribution is -0.153. The average molecular weight is 516 g/mol. The van der Waals surface area contributed by atoms with Gasteiger partial charge in [0.2, 0.25) is 5.91 Å². The Bertz CT molecular complexity index is 1280. The molecule has 0 bridgehead atoms. The zero-order chi connectivity index (χ0) is 26.6. The lowest BCUT2D eigenvalue weighted by Crippen LogP contribution is -2.46. The van der Waals surface area contributed by atoms with E-state index in [0.717, 1.165) is 5.56 Å². The summed E-state index contributed by atoms with van der Waals surface area (Å²) in [6.07, 6.45) is -2.09. The van der Waals surface area contributed by atoms with Crippen molar-refractivity contribution in [3.63, 3.8) is 0 Å². The molecule has 2 aromatic heterocycles. The van der Waals surface area contributed by atoms with Gasteiger partial charge in [0.15, 0.2) is 12.4 Å². The summed E-state index contributed by atoms with van der Waals surface area (Å²) in [4.78, 5) is 30.1. The third-order valence-electron chi connectivity index (χ3n) is 5.49. The summed E-state index contributed by atoms with van der Waals surface area (Å²) in [5.41, 5.74) is 7.02. The van der Waals surface area contributed by atoms with E-state index in [1.54, 1.807) is 18.3 Å². The number of alkyl halides is 3. The highest BCUT2D eigenvalue weighted by Crippen LogP contribution is 2.25. The van der Waals surface area contributed by atoms with E-state index in [-0.39, 0.29) is 37.1 Å². The number of carbonyl (C=O) groups excluding carboxylic acids is 2. The van der Waals surface area contributed by atoms with Crippen LogP contribution in [0.2, 0.25) is 6.32 Å². The topological polar surface area (TPSA) is 133 Å². The molecule has 0 radical (unpaired) electrons. The number of nitrogens with one attached hydrogen (secondary N) is 2. The van der Waals surface area contributed by atoms with Gasteiger partial charge in [-0.2, -0.15) is 18.3 Å². The highest BCUT2D eigenvalue weighted by atomic mass is 19.4. The van der Waals surface area contributed by atoms with E-state index in [9.17, 15) is 22.8 Å². The van der Waals surface area contributed by atoms with Gasteiger partial charge >= 0.3 is 6.18 Å². The molecule has 3 aromatic rings. The van der Waals surface area contributed by atoms with Gasteiger partial charge in [-0.3, -0.25) is 9.59 Å². The smallest absolute Gasteiger partial charge is 0.422 e. The van der Waals surface area contributed by atoms with Crippen LogP contribution in [0.15, 0.2) is 42.6 Å². The molecule has 0 atom stereocenters. The molecule has 0 aliphatic carbocycles. The molecule has 37 heavy (non-hydrogen) atoms. The predicted molar refractivity (Wildman–Crippen MR) is 128 cm³/mol. The zero-order valence-electron chi connectivity index (χ0n) is 19.8. The van der Waals surface area contributed by atoms with Crippen molar-refractivity contribution in [3.05, 3.63) is 65.1 Å². The molecule has 4 N–H and O–H groups in total. The van der Waals surface area contributed by atoms with E-state index in [4.69, 9.17) is 15.2 Å². The SMILES string of the molecule is Cc1ccc(-n2nc3c(c2C(=O)NCN)C(=O)NB(CCOc2cccc(OCC(F)(F)F)c2)C3)nc1. The Hall–Kier alpha value is -4.07. The van der Waals surface area contributed by atoms with E-state index in [1.165, 1.54) is 22.9 Å². The first-order valence-electron chi connectivity index (χ1n) is 11.4. The van der Waals surface area contributed by atoms with Crippen LogP contribution >= 0.6 is 0 Å². The number of halogens is 3. The number of aryl methyl sites for hydroxylation is 1. The first kappa shape index (κ1) is 26.0. The maximum Gasteiger partial charge on any atom is 0.422 e. The minimum Gasteiger partial charge on any atom is -0.494 e. The van der Waals surface area contributed by atoms with Crippen LogP contribution in [0.5, 0.6) is 11.5 Å². The molecular formula is C23H24BF3N6O4. The number of benzene rings is 1. The van der Waals surface area contributed by atoms with Gasteiger partial charge in [0.1, 0.15) is 17.2 Å². The van der Waals surface area contributed by atoms with Crippen molar-refractivity contribution in [3.8, 4) is 17.3 Å². The van der Waals surface area contributed by atoms with Gasteiger partial charge in [-0.15, -0.1) is 0 Å². The van der Waals surface area contributed by atoms with Crippen LogP contribution in [0.4, 0.5) is 13.2 Å². The maximum absolute atomic E-state index is 13.0. The lowest BCUT2D eigenvalue weighted by Gasteiger charge is -2.20. The average Bonchev–Trinajstić information content (AvgIpc) is 3.23. The molecule has 194 valence electrons. The van der Waals surface area contributed by atoms with Crippen LogP contribution < -0.4 is 25.8 Å². The standard InChI is InChI=1S/C23H24BF3N6O4/c1-14-5-6-18(29-11-14)33-20(22(35)30-13-28)19-17(32-33)10-24(31-21(19)34)7-8-36-15-3-2-4-16(9-15)37-12-23(25,26)27/h2-6,9,11H,7-8,10,12-13,28H2,1H3,(H,30,35)(H,31,34). The largest absolute Gasteiger partial charge is 0.494 e. The molecule has 0 spiro atoms. The number of ether oxygens (including phenoxy) is 2. The fraction of sp³-hybridized carbons (Fsp3) is 0.304. The Labute approximate surface area is 210 Å². The summed E-state index contributed by atoms with van der Waals surface area (Å²) in [6.45, 7) is 0.180. The minimum atomic E-state index is -4.44. The van der Waals surface area contributed by atoms with Gasteiger partial charge in [0.05, 0.1) is 24.5 Å². The molecule has 0 fully saturated rings. The number of nitrogens with zero attached hydrogens (tertiary/aromatic N) is 3. The third-order valence-corrected chi connectivity index (χ3v) is 5.49. The zero-order valence-corrected chi connectivity index (χ0v) is 19.8. The molecule has 1 aliphatic rings. The summed E-state index contributed by atoms with van der Waals surface area (Å²) >= 11 is 0. The van der Waals surface area contributed by atoms with Crippen LogP contribution in [-0.4, -0.2) is 59.5 Å². The predicted octanol–water partition coefficient (Wildman–Crippen LogP) is 2.06. The Morgan fingerprint density at radius 1 is 1.24 bits per heavy atom. The van der Waals surface area contributed by atoms with Crippen molar-refractivity contribution in [1.82, 2.24) is 25.3 Å². The van der Waals surface area contributed by atoms with Crippen molar-refractivity contribution in [2.24, 2.45) is 5.73 Å². The van der Waals surface area contributed by atoms with Gasteiger partial charge < -0.3 is 25.8 Å². The van der Waals surface area contributed by atoms with Gasteiger partial charge in [0, 0.05) is 12.3 Å². The van der Waals surface area contributed by atoms with E-state index in [0.29, 0.717) is 29.9 Å². The van der Waals surface area contributed by atoms with Gasteiger partial charge in [-0.1, -0.05) is 12.1 Å². The molecule has 0 unspecified atom stereocenters. The molecule has 10 nitrogen and oxygen atoms in total. The van der Waals surface area contributed by atoms with Crippen molar-refractivity contribution in [1.29, 1.82) is 0 Å². The normalized spacial score (nSPS) is 13.1. The summed E-state index contributed by atoms with van der Waals surface area (Å²) in [7, 11) is 0. The fourth-order valence-electron chi connectivity index (χ4n) is 3.84. The summed E-state index contributed by atoms with van der Waals surface area (Å²) in [5, 5.41) is 9.88. The summed E-state index contributed by atoms with van der Waals surface area (Å²) < 4.78 is 48.9. The Balaban J connectivity index is 1.46. The molecule has 2 amide bonds. The number of nitrogens with two attached hydrogens (primary N) is 1. The number of hydrogen-bond acceptors (Lipinski definition) is 7. The molecule has 4 rings (SSSR count). The number of aromatic nitrogens is 3. The number of carbonyl (C=O) groups is 2. The summed E-state index contributed by atoms with van der Waals surface area (Å²) in [5.74, 6) is -0.276. The Kier molecular flexibility index (Phi) is 7.67. The van der Waals surface area contributed by atoms with Crippen LogP contribution in [0.3, 0.4) is 0 Å². The van der Waals surface area contributed by atoms with Crippen molar-refractivity contribution >= 4 is 18.7 Å². The lowest BCUT2D eigenvalue weighted by atomic mass is 9.53. The Morgan fingerprint density at radius 2 is 2.00 bits per heavy atom. The highest BCUT2D eigenvalue weighted by molar-refractivity contribution is 6.60. The minimum absolute atomic E-state index is 0.0315. The second-order valence-corrected chi connectivity index (χ2v) is 8.38. The van der Waals surface area contributed by atoms with Crippen molar-refractivity contribution in [2.45, 2.75) is 25.7 Å². The van der Waals surface area contributed by atoms with Gasteiger partial charge in [-0.25, -0.2) is 9.67 Å². The van der Waals surface area contributed by atoms with Crippen LogP contribution in [0, 0.1) is 6.92 Å². The summed E-state index contributed by atoms with van der Waals surface area (Å²) in [6, 6.07) is 9.40. The molecule has 14 heteroatoms. The molecular weight excluding hydrogens is 492 g/mol. The molecule has 3 heterocycles.